The molecule has 1 aromatic carbocycles. The van der Waals surface area contributed by atoms with E-state index in [1.807, 2.05) is 0 Å². The van der Waals surface area contributed by atoms with Crippen LogP contribution in [0, 0.1) is 5.41 Å². The van der Waals surface area contributed by atoms with Gasteiger partial charge in [-0.05, 0) is 61.4 Å². The second-order valence-electron chi connectivity index (χ2n) is 7.11. The van der Waals surface area contributed by atoms with E-state index in [-0.39, 0.29) is 24.8 Å². The smallest absolute Gasteiger partial charge is 0.0233 e. The lowest BCUT2D eigenvalue weighted by Crippen LogP contribution is -2.38. The van der Waals surface area contributed by atoms with Gasteiger partial charge in [-0.2, -0.15) is 0 Å². The molecule has 2 saturated heterocycles. The van der Waals surface area contributed by atoms with E-state index in [1.54, 1.807) is 0 Å². The number of nitrogens with one attached hydrogen (secondary N) is 1. The molecule has 0 bridgehead atoms. The van der Waals surface area contributed by atoms with Crippen molar-refractivity contribution < 1.29 is 0 Å². The molecule has 3 rings (SSSR count). The first-order valence-corrected chi connectivity index (χ1v) is 8.19. The highest BCUT2D eigenvalue weighted by atomic mass is 35.5. The van der Waals surface area contributed by atoms with Crippen LogP contribution in [0.2, 0.25) is 0 Å². The van der Waals surface area contributed by atoms with Gasteiger partial charge in [-0.15, -0.1) is 24.8 Å². The van der Waals surface area contributed by atoms with E-state index in [1.165, 1.54) is 56.6 Å². The standard InChI is InChI=1S/C18H28N2.2ClH/c1-15(2)17-5-3-16(4-6-17)13-20-12-9-18(14-20)7-10-19-11-8-18;;/h3-6,15,19H,7-14H2,1-2H3;2*1H. The molecule has 0 saturated carbocycles. The summed E-state index contributed by atoms with van der Waals surface area (Å²) in [6, 6.07) is 9.25. The third-order valence-corrected chi connectivity index (χ3v) is 5.23. The van der Waals surface area contributed by atoms with Gasteiger partial charge in [-0.1, -0.05) is 38.1 Å². The minimum absolute atomic E-state index is 0. The van der Waals surface area contributed by atoms with E-state index in [0.29, 0.717) is 11.3 Å². The normalized spacial score (nSPS) is 20.7. The van der Waals surface area contributed by atoms with Crippen LogP contribution in [0.5, 0.6) is 0 Å². The van der Waals surface area contributed by atoms with Crippen LogP contribution in [-0.4, -0.2) is 31.1 Å². The maximum atomic E-state index is 3.50. The number of rotatable bonds is 3. The van der Waals surface area contributed by atoms with Gasteiger partial charge in [0.15, 0.2) is 0 Å². The molecular weight excluding hydrogens is 315 g/mol. The van der Waals surface area contributed by atoms with Crippen LogP contribution in [0.1, 0.15) is 50.2 Å². The maximum absolute atomic E-state index is 3.50. The summed E-state index contributed by atoms with van der Waals surface area (Å²) in [5.41, 5.74) is 3.55. The molecule has 1 aromatic rings. The van der Waals surface area contributed by atoms with E-state index in [2.05, 4.69) is 48.3 Å². The van der Waals surface area contributed by atoms with Gasteiger partial charge in [0.25, 0.3) is 0 Å². The molecule has 0 atom stereocenters. The quantitative estimate of drug-likeness (QED) is 0.882. The SMILES string of the molecule is CC(C)c1ccc(CN2CCC3(CCNCC3)C2)cc1.Cl.Cl. The van der Waals surface area contributed by atoms with Gasteiger partial charge in [0.2, 0.25) is 0 Å². The first kappa shape index (κ1) is 19.8. The molecule has 2 nitrogen and oxygen atoms in total. The number of nitrogens with zero attached hydrogens (tertiary/aromatic N) is 1. The Morgan fingerprint density at radius 1 is 1.05 bits per heavy atom. The summed E-state index contributed by atoms with van der Waals surface area (Å²) in [6.07, 6.45) is 4.14. The predicted octanol–water partition coefficient (Wildman–Crippen LogP) is 4.23. The first-order chi connectivity index (χ1) is 9.67. The summed E-state index contributed by atoms with van der Waals surface area (Å²) in [5, 5.41) is 3.50. The van der Waals surface area contributed by atoms with Crippen molar-refractivity contribution in [2.75, 3.05) is 26.2 Å². The van der Waals surface area contributed by atoms with Gasteiger partial charge in [-0.25, -0.2) is 0 Å². The zero-order valence-electron chi connectivity index (χ0n) is 13.8. The van der Waals surface area contributed by atoms with Crippen molar-refractivity contribution in [1.82, 2.24) is 10.2 Å². The van der Waals surface area contributed by atoms with E-state index in [4.69, 9.17) is 0 Å². The van der Waals surface area contributed by atoms with Crippen LogP contribution in [0.3, 0.4) is 0 Å². The minimum Gasteiger partial charge on any atom is -0.317 e. The number of hydrogen-bond donors (Lipinski definition) is 1. The molecule has 22 heavy (non-hydrogen) atoms. The highest BCUT2D eigenvalue weighted by molar-refractivity contribution is 5.85. The van der Waals surface area contributed by atoms with Crippen LogP contribution in [0.15, 0.2) is 24.3 Å². The third kappa shape index (κ3) is 4.61. The Hall–Kier alpha value is -0.280. The van der Waals surface area contributed by atoms with Gasteiger partial charge in [-0.3, -0.25) is 4.90 Å². The monoisotopic (exact) mass is 344 g/mol. The van der Waals surface area contributed by atoms with E-state index >= 15 is 0 Å². The second-order valence-corrected chi connectivity index (χ2v) is 7.11. The van der Waals surface area contributed by atoms with E-state index < -0.39 is 0 Å². The lowest BCUT2D eigenvalue weighted by Gasteiger charge is -2.34. The van der Waals surface area contributed by atoms with Crippen molar-refractivity contribution in [2.45, 2.75) is 45.6 Å². The Morgan fingerprint density at radius 2 is 1.68 bits per heavy atom. The van der Waals surface area contributed by atoms with Crippen molar-refractivity contribution >= 4 is 24.8 Å². The van der Waals surface area contributed by atoms with Crippen LogP contribution < -0.4 is 5.32 Å². The zero-order chi connectivity index (χ0) is 14.0. The molecule has 0 unspecified atom stereocenters. The fraction of sp³-hybridized carbons (Fsp3) is 0.667. The Bertz CT molecular complexity index is 439. The first-order valence-electron chi connectivity index (χ1n) is 8.19. The molecular formula is C18H30Cl2N2. The second kappa shape index (κ2) is 8.54. The molecule has 0 aromatic heterocycles. The van der Waals surface area contributed by atoms with Crippen LogP contribution >= 0.6 is 24.8 Å². The van der Waals surface area contributed by atoms with Crippen LogP contribution in [-0.2, 0) is 6.54 Å². The average Bonchev–Trinajstić information content (AvgIpc) is 2.83. The summed E-state index contributed by atoms with van der Waals surface area (Å²) < 4.78 is 0. The zero-order valence-corrected chi connectivity index (χ0v) is 15.4. The summed E-state index contributed by atoms with van der Waals surface area (Å²) >= 11 is 0. The summed E-state index contributed by atoms with van der Waals surface area (Å²) in [6.45, 7) is 10.7. The number of hydrogen-bond acceptors (Lipinski definition) is 2. The fourth-order valence-electron chi connectivity index (χ4n) is 3.79. The molecule has 1 spiro atoms. The van der Waals surface area contributed by atoms with Gasteiger partial charge >= 0.3 is 0 Å². The number of benzene rings is 1. The Kier molecular flexibility index (Phi) is 7.67. The number of piperidine rings is 1. The summed E-state index contributed by atoms with van der Waals surface area (Å²) in [7, 11) is 0. The molecule has 2 aliphatic heterocycles. The van der Waals surface area contributed by atoms with Crippen LogP contribution in [0.25, 0.3) is 0 Å². The average molecular weight is 345 g/mol. The molecule has 2 heterocycles. The lowest BCUT2D eigenvalue weighted by molar-refractivity contribution is 0.194. The largest absolute Gasteiger partial charge is 0.317 e. The van der Waals surface area contributed by atoms with Gasteiger partial charge in [0.05, 0.1) is 0 Å². The molecule has 0 amide bonds. The Morgan fingerprint density at radius 3 is 2.27 bits per heavy atom. The van der Waals surface area contributed by atoms with E-state index in [9.17, 15) is 0 Å². The predicted molar refractivity (Wildman–Crippen MR) is 99.5 cm³/mol. The maximum Gasteiger partial charge on any atom is 0.0233 e. The molecule has 1 N–H and O–H groups in total. The molecule has 0 radical (unpaired) electrons. The van der Waals surface area contributed by atoms with Gasteiger partial charge in [0.1, 0.15) is 0 Å². The molecule has 2 aliphatic rings. The van der Waals surface area contributed by atoms with Crippen LogP contribution in [0.4, 0.5) is 0 Å². The third-order valence-electron chi connectivity index (χ3n) is 5.23. The minimum atomic E-state index is 0. The molecule has 4 heteroatoms. The van der Waals surface area contributed by atoms with Crippen molar-refractivity contribution in [3.8, 4) is 0 Å². The van der Waals surface area contributed by atoms with Crippen molar-refractivity contribution in [1.29, 1.82) is 0 Å². The summed E-state index contributed by atoms with van der Waals surface area (Å²) in [4.78, 5) is 2.66. The van der Waals surface area contributed by atoms with Gasteiger partial charge in [0, 0.05) is 13.1 Å². The number of likely N-dealkylation sites (tertiary alicyclic amines) is 1. The van der Waals surface area contributed by atoms with E-state index in [0.717, 1.165) is 6.54 Å². The summed E-state index contributed by atoms with van der Waals surface area (Å²) in [5.74, 6) is 0.633. The number of halogens is 2. The Labute approximate surface area is 147 Å². The molecule has 0 aliphatic carbocycles. The topological polar surface area (TPSA) is 15.3 Å². The molecule has 2 fully saturated rings. The van der Waals surface area contributed by atoms with Crippen molar-refractivity contribution in [3.63, 3.8) is 0 Å². The molecule has 126 valence electrons. The Balaban J connectivity index is 0.00000121. The van der Waals surface area contributed by atoms with Crippen molar-refractivity contribution in [3.05, 3.63) is 35.4 Å². The fourth-order valence-corrected chi connectivity index (χ4v) is 3.79. The highest BCUT2D eigenvalue weighted by Crippen LogP contribution is 2.39. The van der Waals surface area contributed by atoms with Gasteiger partial charge < -0.3 is 5.32 Å². The highest BCUT2D eigenvalue weighted by Gasteiger charge is 2.38. The lowest BCUT2D eigenvalue weighted by atomic mass is 9.78. The van der Waals surface area contributed by atoms with Crippen molar-refractivity contribution in [2.24, 2.45) is 5.41 Å².